The highest BCUT2D eigenvalue weighted by Gasteiger charge is 2.37. The molecule has 1 aliphatic carbocycles. The number of hydrogen-bond donors (Lipinski definition) is 0. The van der Waals surface area contributed by atoms with Crippen molar-refractivity contribution < 1.29 is 19.1 Å². The third-order valence-corrected chi connectivity index (χ3v) is 7.28. The molecule has 0 N–H and O–H groups in total. The van der Waals surface area contributed by atoms with Crippen LogP contribution in [0.2, 0.25) is 0 Å². The van der Waals surface area contributed by atoms with Crippen LogP contribution >= 0.6 is 0 Å². The quantitative estimate of drug-likeness (QED) is 0.122. The number of hydrogen-bond acceptors (Lipinski definition) is 4. The Bertz CT molecular complexity index is 502. The van der Waals surface area contributed by atoms with Crippen LogP contribution in [0.25, 0.3) is 0 Å². The summed E-state index contributed by atoms with van der Waals surface area (Å²) in [5.74, 6) is -0.166. The van der Waals surface area contributed by atoms with Gasteiger partial charge < -0.3 is 9.47 Å². The first-order chi connectivity index (χ1) is 16.6. The normalized spacial score (nSPS) is 18.2. The first-order valence-electron chi connectivity index (χ1n) is 14.9. The van der Waals surface area contributed by atoms with Crippen molar-refractivity contribution in [2.24, 2.45) is 17.8 Å². The molecule has 0 amide bonds. The number of unbranched alkanes of at least 4 members (excludes halogenated alkanes) is 13. The van der Waals surface area contributed by atoms with E-state index in [-0.39, 0.29) is 23.8 Å². The number of carbonyl (C=O) groups is 2. The molecule has 0 heterocycles. The second-order valence-corrected chi connectivity index (χ2v) is 11.0. The molecule has 0 aromatic rings. The van der Waals surface area contributed by atoms with Crippen LogP contribution in [-0.4, -0.2) is 25.2 Å². The molecular weight excluding hydrogens is 424 g/mol. The number of carbonyl (C=O) groups excluding carboxylic acids is 2. The first-order valence-corrected chi connectivity index (χ1v) is 14.9. The van der Waals surface area contributed by atoms with E-state index < -0.39 is 0 Å². The van der Waals surface area contributed by atoms with Crippen LogP contribution in [0.4, 0.5) is 0 Å². The predicted molar refractivity (Wildman–Crippen MR) is 142 cm³/mol. The van der Waals surface area contributed by atoms with Crippen LogP contribution in [0.3, 0.4) is 0 Å². The fourth-order valence-corrected chi connectivity index (χ4v) is 5.03. The van der Waals surface area contributed by atoms with Crippen molar-refractivity contribution in [3.63, 3.8) is 0 Å². The summed E-state index contributed by atoms with van der Waals surface area (Å²) in [5.41, 5.74) is 0. The van der Waals surface area contributed by atoms with Crippen LogP contribution in [0, 0.1) is 17.8 Å². The van der Waals surface area contributed by atoms with Crippen LogP contribution in [0.15, 0.2) is 0 Å². The molecule has 0 aromatic heterocycles. The van der Waals surface area contributed by atoms with E-state index in [9.17, 15) is 9.59 Å². The van der Waals surface area contributed by atoms with Gasteiger partial charge in [0.15, 0.2) is 0 Å². The zero-order chi connectivity index (χ0) is 24.9. The maximum Gasteiger partial charge on any atom is 0.309 e. The SMILES string of the molecule is CCCCCCCCCCCOC(=O)C1CCCCC1C(=O)OCCCCCCCCC(C)C. The molecule has 0 saturated heterocycles. The molecule has 34 heavy (non-hydrogen) atoms. The van der Waals surface area contributed by atoms with Crippen molar-refractivity contribution in [2.75, 3.05) is 13.2 Å². The van der Waals surface area contributed by atoms with Gasteiger partial charge in [-0.05, 0) is 31.6 Å². The van der Waals surface area contributed by atoms with Gasteiger partial charge in [0.25, 0.3) is 0 Å². The van der Waals surface area contributed by atoms with Crippen LogP contribution < -0.4 is 0 Å². The number of esters is 2. The molecule has 0 aromatic carbocycles. The predicted octanol–water partition coefficient (Wildman–Crippen LogP) is 8.80. The second-order valence-electron chi connectivity index (χ2n) is 11.0. The maximum absolute atomic E-state index is 12.7. The van der Waals surface area contributed by atoms with Crippen molar-refractivity contribution in [3.05, 3.63) is 0 Å². The Kier molecular flexibility index (Phi) is 19.3. The lowest BCUT2D eigenvalue weighted by molar-refractivity contribution is -0.163. The lowest BCUT2D eigenvalue weighted by atomic mass is 9.79. The van der Waals surface area contributed by atoms with Crippen molar-refractivity contribution in [1.82, 2.24) is 0 Å². The molecule has 200 valence electrons. The summed E-state index contributed by atoms with van der Waals surface area (Å²) in [4.78, 5) is 25.3. The molecule has 1 rings (SSSR count). The fourth-order valence-electron chi connectivity index (χ4n) is 5.03. The monoisotopic (exact) mass is 480 g/mol. The Balaban J connectivity index is 2.12. The molecule has 0 aliphatic heterocycles. The van der Waals surface area contributed by atoms with Gasteiger partial charge >= 0.3 is 11.9 Å². The molecule has 2 unspecified atom stereocenters. The zero-order valence-electron chi connectivity index (χ0n) is 22.9. The van der Waals surface area contributed by atoms with Crippen LogP contribution in [0.1, 0.15) is 149 Å². The zero-order valence-corrected chi connectivity index (χ0v) is 22.9. The van der Waals surface area contributed by atoms with Gasteiger partial charge in [-0.2, -0.15) is 0 Å². The average molecular weight is 481 g/mol. The van der Waals surface area contributed by atoms with Gasteiger partial charge in [0.1, 0.15) is 0 Å². The Morgan fingerprint density at radius 3 is 1.41 bits per heavy atom. The van der Waals surface area contributed by atoms with Gasteiger partial charge in [-0.1, -0.05) is 124 Å². The maximum atomic E-state index is 12.7. The summed E-state index contributed by atoms with van der Waals surface area (Å²) >= 11 is 0. The van der Waals surface area contributed by atoms with Gasteiger partial charge in [0, 0.05) is 0 Å². The van der Waals surface area contributed by atoms with Crippen LogP contribution in [-0.2, 0) is 19.1 Å². The molecule has 4 nitrogen and oxygen atoms in total. The average Bonchev–Trinajstić information content (AvgIpc) is 2.83. The van der Waals surface area contributed by atoms with E-state index in [4.69, 9.17) is 9.47 Å². The summed E-state index contributed by atoms with van der Waals surface area (Å²) in [6.45, 7) is 7.79. The molecule has 0 spiro atoms. The van der Waals surface area contributed by atoms with Gasteiger partial charge in [-0.15, -0.1) is 0 Å². The van der Waals surface area contributed by atoms with E-state index in [1.54, 1.807) is 0 Å². The van der Waals surface area contributed by atoms with Gasteiger partial charge in [0.05, 0.1) is 25.0 Å². The topological polar surface area (TPSA) is 52.6 Å². The summed E-state index contributed by atoms with van der Waals surface area (Å²) in [6, 6.07) is 0. The molecule has 0 radical (unpaired) electrons. The fraction of sp³-hybridized carbons (Fsp3) is 0.933. The van der Waals surface area contributed by atoms with Crippen molar-refractivity contribution >= 4 is 11.9 Å². The highest BCUT2D eigenvalue weighted by atomic mass is 16.5. The smallest absolute Gasteiger partial charge is 0.309 e. The minimum Gasteiger partial charge on any atom is -0.465 e. The Morgan fingerprint density at radius 1 is 0.618 bits per heavy atom. The van der Waals surface area contributed by atoms with E-state index in [1.165, 1.54) is 77.0 Å². The Morgan fingerprint density at radius 2 is 1.00 bits per heavy atom. The summed E-state index contributed by atoms with van der Waals surface area (Å²) in [7, 11) is 0. The van der Waals surface area contributed by atoms with E-state index in [1.807, 2.05) is 0 Å². The summed E-state index contributed by atoms with van der Waals surface area (Å²) in [6.07, 6.45) is 23.2. The third kappa shape index (κ3) is 15.8. The van der Waals surface area contributed by atoms with E-state index in [0.717, 1.165) is 57.3 Å². The first kappa shape index (κ1) is 31.0. The van der Waals surface area contributed by atoms with Crippen molar-refractivity contribution in [2.45, 2.75) is 149 Å². The molecule has 0 bridgehead atoms. The largest absolute Gasteiger partial charge is 0.465 e. The number of rotatable bonds is 21. The third-order valence-electron chi connectivity index (χ3n) is 7.28. The summed E-state index contributed by atoms with van der Waals surface area (Å²) < 4.78 is 11.2. The van der Waals surface area contributed by atoms with E-state index in [0.29, 0.717) is 13.2 Å². The number of ether oxygens (including phenoxy) is 2. The molecule has 4 heteroatoms. The van der Waals surface area contributed by atoms with Crippen LogP contribution in [0.5, 0.6) is 0 Å². The molecule has 1 saturated carbocycles. The summed E-state index contributed by atoms with van der Waals surface area (Å²) in [5, 5.41) is 0. The standard InChI is InChI=1S/C30H56O4/c1-4-5-6-7-8-9-11-14-19-24-33-29(31)27-22-17-18-23-28(27)30(32)34-25-20-15-12-10-13-16-21-26(2)3/h26-28H,4-25H2,1-3H3. The van der Waals surface area contributed by atoms with Gasteiger partial charge in [0.2, 0.25) is 0 Å². The molecular formula is C30H56O4. The molecule has 1 aliphatic rings. The molecule has 2 atom stereocenters. The highest BCUT2D eigenvalue weighted by molar-refractivity contribution is 5.82. The Hall–Kier alpha value is -1.06. The lowest BCUT2D eigenvalue weighted by Crippen LogP contribution is -2.35. The van der Waals surface area contributed by atoms with E-state index in [2.05, 4.69) is 20.8 Å². The van der Waals surface area contributed by atoms with Crippen molar-refractivity contribution in [1.29, 1.82) is 0 Å². The minimum absolute atomic E-state index is 0.178. The highest BCUT2D eigenvalue weighted by Crippen LogP contribution is 2.32. The lowest BCUT2D eigenvalue weighted by Gasteiger charge is -2.28. The van der Waals surface area contributed by atoms with Gasteiger partial charge in [-0.25, -0.2) is 0 Å². The molecule has 1 fully saturated rings. The minimum atomic E-state index is -0.305. The second kappa shape index (κ2) is 21.2. The van der Waals surface area contributed by atoms with Crippen molar-refractivity contribution in [3.8, 4) is 0 Å². The Labute approximate surface area is 211 Å². The van der Waals surface area contributed by atoms with Gasteiger partial charge in [-0.3, -0.25) is 9.59 Å². The van der Waals surface area contributed by atoms with E-state index >= 15 is 0 Å².